The molecule has 0 amide bonds. The molecule has 3 rings (SSSR count). The van der Waals surface area contributed by atoms with Crippen LogP contribution in [-0.2, 0) is 5.88 Å². The predicted molar refractivity (Wildman–Crippen MR) is 80.9 cm³/mol. The van der Waals surface area contributed by atoms with Crippen molar-refractivity contribution in [3.8, 4) is 11.6 Å². The van der Waals surface area contributed by atoms with Crippen LogP contribution in [0, 0.1) is 0 Å². The summed E-state index contributed by atoms with van der Waals surface area (Å²) in [5.74, 6) is 1.73. The molecule has 0 aliphatic rings. The highest BCUT2D eigenvalue weighted by atomic mass is 35.5. The first-order valence-electron chi connectivity index (χ1n) is 5.64. The summed E-state index contributed by atoms with van der Waals surface area (Å²) in [7, 11) is 0. The molecule has 0 aliphatic heterocycles. The van der Waals surface area contributed by atoms with Crippen LogP contribution in [0.15, 0.2) is 40.7 Å². The fraction of sp³-hybridized carbons (Fsp3) is 0.154. The fourth-order valence-corrected chi connectivity index (χ4v) is 3.15. The molecule has 6 heteroatoms. The molecule has 0 saturated heterocycles. The maximum Gasteiger partial charge on any atom is 0.243 e. The Labute approximate surface area is 124 Å². The third-order valence-electron chi connectivity index (χ3n) is 2.72. The van der Waals surface area contributed by atoms with E-state index in [0.717, 1.165) is 16.4 Å². The lowest BCUT2D eigenvalue weighted by atomic mass is 10.3. The van der Waals surface area contributed by atoms with Gasteiger partial charge in [0.1, 0.15) is 11.4 Å². The molecule has 2 aromatic heterocycles. The van der Waals surface area contributed by atoms with Crippen molar-refractivity contribution in [3.05, 3.63) is 41.5 Å². The number of thioether (sulfide) groups is 1. The van der Waals surface area contributed by atoms with E-state index in [1.54, 1.807) is 23.1 Å². The summed E-state index contributed by atoms with van der Waals surface area (Å²) >= 11 is 9.25. The summed E-state index contributed by atoms with van der Waals surface area (Å²) in [6.07, 6.45) is 4.00. The van der Waals surface area contributed by atoms with Crippen LogP contribution in [0.2, 0.25) is 0 Å². The molecule has 0 fully saturated rings. The second kappa shape index (κ2) is 5.45. The van der Waals surface area contributed by atoms with Crippen LogP contribution >= 0.6 is 34.7 Å². The normalized spacial score (nSPS) is 11.1. The van der Waals surface area contributed by atoms with Gasteiger partial charge in [-0.2, -0.15) is 4.98 Å². The Morgan fingerprint density at radius 2 is 2.16 bits per heavy atom. The molecule has 19 heavy (non-hydrogen) atoms. The third kappa shape index (κ3) is 2.45. The zero-order valence-corrected chi connectivity index (χ0v) is 12.6. The van der Waals surface area contributed by atoms with Gasteiger partial charge < -0.3 is 4.74 Å². The Balaban J connectivity index is 1.93. The van der Waals surface area contributed by atoms with Gasteiger partial charge >= 0.3 is 0 Å². The number of halogens is 1. The van der Waals surface area contributed by atoms with Gasteiger partial charge in [-0.25, -0.2) is 0 Å². The Morgan fingerprint density at radius 1 is 1.37 bits per heavy atom. The second-order valence-electron chi connectivity index (χ2n) is 3.83. The van der Waals surface area contributed by atoms with Crippen molar-refractivity contribution in [2.75, 3.05) is 6.26 Å². The van der Waals surface area contributed by atoms with E-state index in [2.05, 4.69) is 4.98 Å². The van der Waals surface area contributed by atoms with Crippen molar-refractivity contribution in [2.24, 2.45) is 0 Å². The van der Waals surface area contributed by atoms with Crippen molar-refractivity contribution < 1.29 is 4.74 Å². The molecule has 0 spiro atoms. The Kier molecular flexibility index (Phi) is 3.68. The van der Waals surface area contributed by atoms with Gasteiger partial charge in [0.15, 0.2) is 4.96 Å². The summed E-state index contributed by atoms with van der Waals surface area (Å²) < 4.78 is 7.79. The SMILES string of the molecule is CSc1ccc(Oc2nc3sccn3c2CCl)cc1. The van der Waals surface area contributed by atoms with Crippen molar-refractivity contribution in [2.45, 2.75) is 10.8 Å². The first kappa shape index (κ1) is 12.8. The number of thiazole rings is 1. The van der Waals surface area contributed by atoms with E-state index >= 15 is 0 Å². The van der Waals surface area contributed by atoms with Gasteiger partial charge in [-0.15, -0.1) is 34.7 Å². The minimum Gasteiger partial charge on any atom is -0.437 e. The molecule has 0 atom stereocenters. The molecule has 0 aliphatic carbocycles. The monoisotopic (exact) mass is 310 g/mol. The average Bonchev–Trinajstić information content (AvgIpc) is 3.00. The molecule has 0 radical (unpaired) electrons. The fourth-order valence-electron chi connectivity index (χ4n) is 1.77. The van der Waals surface area contributed by atoms with E-state index in [9.17, 15) is 0 Å². The quantitative estimate of drug-likeness (QED) is 0.518. The van der Waals surface area contributed by atoms with Crippen molar-refractivity contribution in [1.29, 1.82) is 0 Å². The van der Waals surface area contributed by atoms with Gasteiger partial charge in [0.2, 0.25) is 5.88 Å². The smallest absolute Gasteiger partial charge is 0.243 e. The summed E-state index contributed by atoms with van der Waals surface area (Å²) in [5, 5.41) is 1.98. The maximum atomic E-state index is 5.98. The molecule has 0 bridgehead atoms. The lowest BCUT2D eigenvalue weighted by molar-refractivity contribution is 0.461. The summed E-state index contributed by atoms with van der Waals surface area (Å²) in [4.78, 5) is 6.55. The predicted octanol–water partition coefficient (Wildman–Crippen LogP) is 4.65. The minimum absolute atomic E-state index is 0.371. The minimum atomic E-state index is 0.371. The molecular weight excluding hydrogens is 300 g/mol. The van der Waals surface area contributed by atoms with Crippen LogP contribution in [0.3, 0.4) is 0 Å². The highest BCUT2D eigenvalue weighted by molar-refractivity contribution is 7.98. The van der Waals surface area contributed by atoms with Gasteiger partial charge in [0, 0.05) is 16.5 Å². The first-order chi connectivity index (χ1) is 9.31. The first-order valence-corrected chi connectivity index (χ1v) is 8.28. The molecule has 1 aromatic carbocycles. The number of alkyl halides is 1. The third-order valence-corrected chi connectivity index (χ3v) is 4.48. The van der Waals surface area contributed by atoms with Gasteiger partial charge in [0.25, 0.3) is 0 Å². The van der Waals surface area contributed by atoms with Crippen LogP contribution in [0.5, 0.6) is 11.6 Å². The Bertz CT molecular complexity index is 690. The van der Waals surface area contributed by atoms with Crippen LogP contribution in [-0.4, -0.2) is 15.6 Å². The number of rotatable bonds is 4. The number of benzene rings is 1. The van der Waals surface area contributed by atoms with E-state index in [0.29, 0.717) is 11.8 Å². The lowest BCUT2D eigenvalue weighted by Crippen LogP contribution is -1.90. The average molecular weight is 311 g/mol. The van der Waals surface area contributed by atoms with Gasteiger partial charge in [-0.05, 0) is 30.5 Å². The van der Waals surface area contributed by atoms with Gasteiger partial charge in [0.05, 0.1) is 5.88 Å². The number of nitrogens with zero attached hydrogens (tertiary/aromatic N) is 2. The Hall–Kier alpha value is -1.17. The molecule has 2 heterocycles. The van der Waals surface area contributed by atoms with E-state index < -0.39 is 0 Å². The molecule has 0 N–H and O–H groups in total. The lowest BCUT2D eigenvalue weighted by Gasteiger charge is -2.05. The molecule has 3 aromatic rings. The molecule has 0 unspecified atom stereocenters. The van der Waals surface area contributed by atoms with Crippen molar-refractivity contribution in [1.82, 2.24) is 9.38 Å². The van der Waals surface area contributed by atoms with E-state index in [1.165, 1.54) is 4.90 Å². The van der Waals surface area contributed by atoms with Gasteiger partial charge in [-0.3, -0.25) is 4.40 Å². The largest absolute Gasteiger partial charge is 0.437 e. The number of fused-ring (bicyclic) bond motifs is 1. The topological polar surface area (TPSA) is 26.5 Å². The van der Waals surface area contributed by atoms with Crippen LogP contribution < -0.4 is 4.74 Å². The van der Waals surface area contributed by atoms with Crippen LogP contribution in [0.1, 0.15) is 5.69 Å². The standard InChI is InChI=1S/C13H11ClN2OS2/c1-18-10-4-2-9(3-5-10)17-12-11(8-14)16-6-7-19-13(16)15-12/h2-7H,8H2,1H3. The second-order valence-corrected chi connectivity index (χ2v) is 5.85. The number of imidazole rings is 1. The van der Waals surface area contributed by atoms with E-state index in [-0.39, 0.29) is 0 Å². The molecular formula is C13H11ClN2OS2. The van der Waals surface area contributed by atoms with Crippen molar-refractivity contribution >= 4 is 39.7 Å². The van der Waals surface area contributed by atoms with Crippen LogP contribution in [0.4, 0.5) is 0 Å². The number of hydrogen-bond acceptors (Lipinski definition) is 4. The zero-order valence-electron chi connectivity index (χ0n) is 10.2. The number of hydrogen-bond donors (Lipinski definition) is 0. The highest BCUT2D eigenvalue weighted by Gasteiger charge is 2.14. The summed E-state index contributed by atoms with van der Waals surface area (Å²) in [5.41, 5.74) is 0.881. The van der Waals surface area contributed by atoms with Crippen molar-refractivity contribution in [3.63, 3.8) is 0 Å². The van der Waals surface area contributed by atoms with Crippen LogP contribution in [0.25, 0.3) is 4.96 Å². The maximum absolute atomic E-state index is 5.98. The molecule has 98 valence electrons. The summed E-state index contributed by atoms with van der Waals surface area (Å²) in [6, 6.07) is 7.94. The molecule has 3 nitrogen and oxygen atoms in total. The van der Waals surface area contributed by atoms with E-state index in [4.69, 9.17) is 16.3 Å². The summed E-state index contributed by atoms with van der Waals surface area (Å²) in [6.45, 7) is 0. The number of ether oxygens (including phenoxy) is 1. The molecule has 0 saturated carbocycles. The number of aromatic nitrogens is 2. The zero-order chi connectivity index (χ0) is 13.2. The van der Waals surface area contributed by atoms with Gasteiger partial charge in [-0.1, -0.05) is 0 Å². The van der Waals surface area contributed by atoms with E-state index in [1.807, 2.05) is 46.5 Å². The Morgan fingerprint density at radius 3 is 2.84 bits per heavy atom. The highest BCUT2D eigenvalue weighted by Crippen LogP contribution is 2.29.